The number of aromatic nitrogens is 1. The van der Waals surface area contributed by atoms with Crippen LogP contribution in [0.2, 0.25) is 0 Å². The van der Waals surface area contributed by atoms with Gasteiger partial charge in [-0.25, -0.2) is 0 Å². The summed E-state index contributed by atoms with van der Waals surface area (Å²) in [5.74, 6) is 1.80. The number of fused-ring (bicyclic) bond motifs is 1. The highest BCUT2D eigenvalue weighted by atomic mass is 16.5. The zero-order chi connectivity index (χ0) is 16.6. The van der Waals surface area contributed by atoms with E-state index in [4.69, 9.17) is 9.47 Å². The molecule has 4 nitrogen and oxygen atoms in total. The van der Waals surface area contributed by atoms with E-state index in [9.17, 15) is 5.11 Å². The Morgan fingerprint density at radius 3 is 2.09 bits per heavy atom. The average Bonchev–Trinajstić information content (AvgIpc) is 2.71. The number of nitrogens with zero attached hydrogens (tertiary/aromatic N) is 1. The van der Waals surface area contributed by atoms with Crippen molar-refractivity contribution in [3.05, 3.63) is 53.9 Å². The molecular weight excluding hydrogens is 290 g/mol. The summed E-state index contributed by atoms with van der Waals surface area (Å²) in [6.45, 7) is 4.03. The van der Waals surface area contributed by atoms with Crippen LogP contribution in [0.3, 0.4) is 0 Å². The van der Waals surface area contributed by atoms with Crippen LogP contribution in [-0.4, -0.2) is 19.3 Å². The molecule has 0 spiro atoms. The highest BCUT2D eigenvalue weighted by molar-refractivity contribution is 5.79. The van der Waals surface area contributed by atoms with Gasteiger partial charge in [-0.3, -0.25) is 0 Å². The van der Waals surface area contributed by atoms with Gasteiger partial charge in [-0.05, 0) is 24.3 Å². The summed E-state index contributed by atoms with van der Waals surface area (Å²) < 4.78 is 12.9. The maximum atomic E-state index is 10.4. The van der Waals surface area contributed by atoms with Crippen molar-refractivity contribution >= 4 is 0 Å². The number of rotatable bonds is 3. The molecule has 1 aromatic carbocycles. The number of hydrogen-bond donors (Lipinski definition) is 1. The van der Waals surface area contributed by atoms with E-state index in [1.165, 1.54) is 0 Å². The zero-order valence-corrected chi connectivity index (χ0v) is 13.8. The Kier molecular flexibility index (Phi) is 3.82. The fraction of sp³-hybridized carbons (Fsp3) is 0.211. The van der Waals surface area contributed by atoms with Gasteiger partial charge in [0.2, 0.25) is 5.69 Å². The van der Waals surface area contributed by atoms with Gasteiger partial charge in [-0.2, -0.15) is 4.57 Å². The molecule has 0 amide bonds. The van der Waals surface area contributed by atoms with E-state index in [2.05, 4.69) is 4.57 Å². The molecule has 0 aromatic heterocycles. The average molecular weight is 310 g/mol. The van der Waals surface area contributed by atoms with Crippen LogP contribution in [0.25, 0.3) is 16.8 Å². The van der Waals surface area contributed by atoms with E-state index in [-0.39, 0.29) is 5.75 Å². The third-order valence-electron chi connectivity index (χ3n) is 4.20. The van der Waals surface area contributed by atoms with Crippen LogP contribution in [0.5, 0.6) is 17.2 Å². The van der Waals surface area contributed by atoms with Crippen molar-refractivity contribution in [1.82, 2.24) is 0 Å². The fourth-order valence-electron chi connectivity index (χ4n) is 3.13. The maximum absolute atomic E-state index is 10.4. The first kappa shape index (κ1) is 15.2. The maximum Gasteiger partial charge on any atom is 0.211 e. The zero-order valence-electron chi connectivity index (χ0n) is 13.8. The molecule has 2 aliphatic rings. The quantitative estimate of drug-likeness (QED) is 0.754. The Hall–Kier alpha value is -2.75. The molecule has 0 saturated heterocycles. The lowest BCUT2D eigenvalue weighted by Gasteiger charge is -2.01. The monoisotopic (exact) mass is 310 g/mol. The van der Waals surface area contributed by atoms with E-state index in [1.54, 1.807) is 26.4 Å². The number of hydrogen-bond acceptors (Lipinski definition) is 3. The molecular formula is C19H20NO3+. The molecule has 0 fully saturated rings. The van der Waals surface area contributed by atoms with E-state index >= 15 is 0 Å². The number of benzene rings is 1. The third kappa shape index (κ3) is 2.36. The second kappa shape index (κ2) is 5.80. The van der Waals surface area contributed by atoms with Crippen LogP contribution in [0, 0.1) is 13.8 Å². The SMILES string of the molecule is COc1ccc(-[n+]2c(C)c3c(O)cccc(OC)c-3c2C)cc1. The van der Waals surface area contributed by atoms with Crippen molar-refractivity contribution in [2.24, 2.45) is 0 Å². The van der Waals surface area contributed by atoms with Crippen LogP contribution in [-0.2, 0) is 0 Å². The van der Waals surface area contributed by atoms with Gasteiger partial charge in [0.1, 0.15) is 28.4 Å². The molecule has 3 rings (SSSR count). The molecule has 0 radical (unpaired) electrons. The molecule has 1 aromatic rings. The summed E-state index contributed by atoms with van der Waals surface area (Å²) in [7, 11) is 3.30. The van der Waals surface area contributed by atoms with Gasteiger partial charge >= 0.3 is 0 Å². The minimum atomic E-state index is 0.246. The smallest absolute Gasteiger partial charge is 0.211 e. The van der Waals surface area contributed by atoms with Gasteiger partial charge in [0.15, 0.2) is 11.4 Å². The lowest BCUT2D eigenvalue weighted by molar-refractivity contribution is -0.604. The lowest BCUT2D eigenvalue weighted by Crippen LogP contribution is -2.34. The number of aromatic hydroxyl groups is 1. The second-order valence-corrected chi connectivity index (χ2v) is 5.43. The Labute approximate surface area is 135 Å². The molecule has 1 heterocycles. The molecule has 0 saturated carbocycles. The molecule has 0 atom stereocenters. The normalized spacial score (nSPS) is 10.8. The van der Waals surface area contributed by atoms with Crippen LogP contribution in [0.4, 0.5) is 0 Å². The third-order valence-corrected chi connectivity index (χ3v) is 4.20. The van der Waals surface area contributed by atoms with Crippen molar-refractivity contribution in [2.75, 3.05) is 14.2 Å². The van der Waals surface area contributed by atoms with E-state index in [0.29, 0.717) is 0 Å². The molecule has 0 bridgehead atoms. The first-order chi connectivity index (χ1) is 11.1. The number of ether oxygens (including phenoxy) is 2. The molecule has 23 heavy (non-hydrogen) atoms. The van der Waals surface area contributed by atoms with Crippen molar-refractivity contribution in [2.45, 2.75) is 13.8 Å². The highest BCUT2D eigenvalue weighted by Gasteiger charge is 2.32. The molecule has 1 aliphatic heterocycles. The molecule has 0 unspecified atom stereocenters. The molecule has 118 valence electrons. The summed E-state index contributed by atoms with van der Waals surface area (Å²) in [4.78, 5) is 0. The fourth-order valence-corrected chi connectivity index (χ4v) is 3.13. The van der Waals surface area contributed by atoms with E-state index in [1.807, 2.05) is 44.2 Å². The van der Waals surface area contributed by atoms with Crippen LogP contribution in [0.15, 0.2) is 42.5 Å². The largest absolute Gasteiger partial charge is 0.507 e. The van der Waals surface area contributed by atoms with E-state index in [0.717, 1.165) is 39.7 Å². The van der Waals surface area contributed by atoms with Crippen molar-refractivity contribution in [1.29, 1.82) is 0 Å². The Morgan fingerprint density at radius 2 is 1.48 bits per heavy atom. The summed E-state index contributed by atoms with van der Waals surface area (Å²) in [6, 6.07) is 13.2. The van der Waals surface area contributed by atoms with Crippen LogP contribution < -0.4 is 14.0 Å². The summed E-state index contributed by atoms with van der Waals surface area (Å²) in [5.41, 5.74) is 4.73. The molecule has 1 N–H and O–H groups in total. The van der Waals surface area contributed by atoms with Crippen LogP contribution in [0.1, 0.15) is 11.4 Å². The van der Waals surface area contributed by atoms with E-state index < -0.39 is 0 Å². The number of methoxy groups -OCH3 is 2. The van der Waals surface area contributed by atoms with Crippen LogP contribution >= 0.6 is 0 Å². The van der Waals surface area contributed by atoms with Crippen molar-refractivity contribution in [3.8, 4) is 34.1 Å². The minimum absolute atomic E-state index is 0.246. The first-order valence-electron chi connectivity index (χ1n) is 7.43. The predicted molar refractivity (Wildman–Crippen MR) is 88.8 cm³/mol. The summed E-state index contributed by atoms with van der Waals surface area (Å²) in [6.07, 6.45) is 0. The topological polar surface area (TPSA) is 42.6 Å². The minimum Gasteiger partial charge on any atom is -0.507 e. The van der Waals surface area contributed by atoms with Gasteiger partial charge in [0, 0.05) is 26.0 Å². The molecule has 4 heteroatoms. The Morgan fingerprint density at radius 1 is 0.826 bits per heavy atom. The standard InChI is InChI=1S/C19H19NO3/c1-12-18-16(21)6-5-7-17(23-4)19(18)13(2)20(12)14-8-10-15(22-3)11-9-14/h5-11H,1-4H3/p+1. The van der Waals surface area contributed by atoms with Gasteiger partial charge in [-0.15, -0.1) is 0 Å². The predicted octanol–water partition coefficient (Wildman–Crippen LogP) is 3.41. The van der Waals surface area contributed by atoms with Gasteiger partial charge in [0.25, 0.3) is 0 Å². The van der Waals surface area contributed by atoms with Gasteiger partial charge < -0.3 is 14.6 Å². The van der Waals surface area contributed by atoms with Gasteiger partial charge in [0.05, 0.1) is 14.2 Å². The van der Waals surface area contributed by atoms with Crippen molar-refractivity contribution in [3.63, 3.8) is 0 Å². The highest BCUT2D eigenvalue weighted by Crippen LogP contribution is 2.41. The Balaban J connectivity index is 2.33. The summed E-state index contributed by atoms with van der Waals surface area (Å²) in [5, 5.41) is 10.4. The lowest BCUT2D eigenvalue weighted by atomic mass is 10.1. The van der Waals surface area contributed by atoms with Gasteiger partial charge in [-0.1, -0.05) is 6.07 Å². The van der Waals surface area contributed by atoms with Crippen molar-refractivity contribution < 1.29 is 19.1 Å². The summed E-state index contributed by atoms with van der Waals surface area (Å²) >= 11 is 0. The second-order valence-electron chi connectivity index (χ2n) is 5.43. The Bertz CT molecular complexity index is 825. The molecule has 1 aliphatic carbocycles. The first-order valence-corrected chi connectivity index (χ1v) is 7.43.